The lowest BCUT2D eigenvalue weighted by molar-refractivity contribution is -0.141. The van der Waals surface area contributed by atoms with Crippen LogP contribution in [0, 0.1) is 0 Å². The van der Waals surface area contributed by atoms with Gasteiger partial charge in [0.15, 0.2) is 5.69 Å². The number of carbonyl (C=O) groups excluding carboxylic acids is 2. The van der Waals surface area contributed by atoms with Gasteiger partial charge < -0.3 is 10.1 Å². The summed E-state index contributed by atoms with van der Waals surface area (Å²) < 4.78 is 8.14. The first-order valence-corrected chi connectivity index (χ1v) is 4.78. The topological polar surface area (TPSA) is 81.2 Å². The van der Waals surface area contributed by atoms with Crippen LogP contribution in [0.1, 0.15) is 17.4 Å². The summed E-state index contributed by atoms with van der Waals surface area (Å²) in [6, 6.07) is 0. The number of nitrogens with one attached hydrogen (secondary N) is 1. The fourth-order valence-corrected chi connectivity index (χ4v) is 1.15. The maximum atomic E-state index is 11.2. The first-order chi connectivity index (χ1) is 6.74. The lowest BCUT2D eigenvalue weighted by Gasteiger charge is -2.01. The zero-order valence-corrected chi connectivity index (χ0v) is 8.34. The van der Waals surface area contributed by atoms with E-state index in [-0.39, 0.29) is 12.2 Å². The monoisotopic (exact) mass is 215 g/mol. The van der Waals surface area contributed by atoms with Gasteiger partial charge in [0.1, 0.15) is 6.54 Å². The van der Waals surface area contributed by atoms with E-state index >= 15 is 0 Å². The van der Waals surface area contributed by atoms with Gasteiger partial charge in [-0.05, 0) is 18.5 Å². The Bertz CT molecular complexity index is 312. The van der Waals surface area contributed by atoms with Crippen molar-refractivity contribution in [2.45, 2.75) is 6.92 Å². The first kappa shape index (κ1) is 10.6. The number of esters is 1. The second kappa shape index (κ2) is 5.28. The SMILES string of the molecule is CCOC(=O)CNC(=O)c1csnn1. The molecule has 76 valence electrons. The highest BCUT2D eigenvalue weighted by molar-refractivity contribution is 7.03. The Kier molecular flexibility index (Phi) is 3.99. The van der Waals surface area contributed by atoms with E-state index in [1.165, 1.54) is 5.38 Å². The third kappa shape index (κ3) is 3.09. The van der Waals surface area contributed by atoms with Crippen LogP contribution in [0.3, 0.4) is 0 Å². The molecule has 0 saturated heterocycles. The van der Waals surface area contributed by atoms with Crippen LogP contribution in [0.5, 0.6) is 0 Å². The molecule has 0 unspecified atom stereocenters. The number of nitrogens with zero attached hydrogens (tertiary/aromatic N) is 2. The fourth-order valence-electron chi connectivity index (χ4n) is 0.719. The Morgan fingerprint density at radius 2 is 2.43 bits per heavy atom. The molecule has 0 spiro atoms. The van der Waals surface area contributed by atoms with Gasteiger partial charge in [0.2, 0.25) is 0 Å². The number of hydrogen-bond acceptors (Lipinski definition) is 6. The van der Waals surface area contributed by atoms with E-state index in [9.17, 15) is 9.59 Å². The number of aromatic nitrogens is 2. The molecule has 0 aromatic carbocycles. The maximum Gasteiger partial charge on any atom is 0.325 e. The highest BCUT2D eigenvalue weighted by Gasteiger charge is 2.10. The smallest absolute Gasteiger partial charge is 0.325 e. The van der Waals surface area contributed by atoms with Crippen molar-refractivity contribution in [2.24, 2.45) is 0 Å². The maximum absolute atomic E-state index is 11.2. The molecule has 1 aromatic rings. The highest BCUT2D eigenvalue weighted by atomic mass is 32.1. The fraction of sp³-hybridized carbons (Fsp3) is 0.429. The number of ether oxygens (including phenoxy) is 1. The summed E-state index contributed by atoms with van der Waals surface area (Å²) in [5.74, 6) is -0.893. The molecule has 6 nitrogen and oxygen atoms in total. The van der Waals surface area contributed by atoms with Gasteiger partial charge in [-0.3, -0.25) is 9.59 Å². The zero-order chi connectivity index (χ0) is 10.4. The molecular weight excluding hydrogens is 206 g/mol. The standard InChI is InChI=1S/C7H9N3O3S/c1-2-13-6(11)3-8-7(12)5-4-14-10-9-5/h4H,2-3H2,1H3,(H,8,12). The van der Waals surface area contributed by atoms with Crippen molar-refractivity contribution in [3.8, 4) is 0 Å². The van der Waals surface area contributed by atoms with E-state index < -0.39 is 11.9 Å². The van der Waals surface area contributed by atoms with Crippen LogP contribution in [-0.2, 0) is 9.53 Å². The Morgan fingerprint density at radius 1 is 1.64 bits per heavy atom. The van der Waals surface area contributed by atoms with Crippen LogP contribution < -0.4 is 5.32 Å². The second-order valence-corrected chi connectivity index (χ2v) is 2.89. The summed E-state index contributed by atoms with van der Waals surface area (Å²) in [4.78, 5) is 22.0. The predicted molar refractivity (Wildman–Crippen MR) is 48.9 cm³/mol. The lowest BCUT2D eigenvalue weighted by Crippen LogP contribution is -2.30. The molecule has 0 fully saturated rings. The predicted octanol–water partition coefficient (Wildman–Crippen LogP) is -0.169. The molecular formula is C7H9N3O3S. The summed E-state index contributed by atoms with van der Waals surface area (Å²) in [7, 11) is 0. The summed E-state index contributed by atoms with van der Waals surface area (Å²) in [6.45, 7) is 1.85. The Morgan fingerprint density at radius 3 is 3.00 bits per heavy atom. The molecule has 0 aliphatic rings. The van der Waals surface area contributed by atoms with Crippen LogP contribution in [-0.4, -0.2) is 34.6 Å². The largest absolute Gasteiger partial charge is 0.465 e. The van der Waals surface area contributed by atoms with Crippen molar-refractivity contribution in [3.63, 3.8) is 0 Å². The lowest BCUT2D eigenvalue weighted by atomic mass is 10.4. The van der Waals surface area contributed by atoms with Crippen molar-refractivity contribution >= 4 is 23.4 Å². The van der Waals surface area contributed by atoms with E-state index in [2.05, 4.69) is 19.6 Å². The quantitative estimate of drug-likeness (QED) is 0.705. The Labute approximate surface area is 84.4 Å². The van der Waals surface area contributed by atoms with Gasteiger partial charge in [0.25, 0.3) is 5.91 Å². The molecule has 14 heavy (non-hydrogen) atoms. The first-order valence-electron chi connectivity index (χ1n) is 3.95. The average Bonchev–Trinajstić information content (AvgIpc) is 2.67. The minimum atomic E-state index is -0.468. The third-order valence-electron chi connectivity index (χ3n) is 1.29. The highest BCUT2D eigenvalue weighted by Crippen LogP contribution is 1.95. The number of carbonyl (C=O) groups is 2. The molecule has 1 amide bonds. The number of hydrogen-bond donors (Lipinski definition) is 1. The molecule has 1 N–H and O–H groups in total. The second-order valence-electron chi connectivity index (χ2n) is 2.28. The molecule has 0 atom stereocenters. The van der Waals surface area contributed by atoms with Gasteiger partial charge in [-0.2, -0.15) is 0 Å². The molecule has 0 radical (unpaired) electrons. The van der Waals surface area contributed by atoms with E-state index in [1.807, 2.05) is 0 Å². The van der Waals surface area contributed by atoms with Gasteiger partial charge in [0.05, 0.1) is 6.61 Å². The average molecular weight is 215 g/mol. The molecule has 1 heterocycles. The summed E-state index contributed by atoms with van der Waals surface area (Å²) in [5.41, 5.74) is 0.208. The normalized spacial score (nSPS) is 9.50. The minimum Gasteiger partial charge on any atom is -0.465 e. The van der Waals surface area contributed by atoms with Crippen molar-refractivity contribution < 1.29 is 14.3 Å². The van der Waals surface area contributed by atoms with Gasteiger partial charge in [-0.15, -0.1) is 5.10 Å². The summed E-state index contributed by atoms with van der Waals surface area (Å²) in [5, 5.41) is 7.41. The molecule has 0 aliphatic heterocycles. The number of rotatable bonds is 4. The van der Waals surface area contributed by atoms with Crippen molar-refractivity contribution in [3.05, 3.63) is 11.1 Å². The van der Waals surface area contributed by atoms with Gasteiger partial charge >= 0.3 is 5.97 Å². The summed E-state index contributed by atoms with van der Waals surface area (Å²) in [6.07, 6.45) is 0. The molecule has 7 heteroatoms. The van der Waals surface area contributed by atoms with Crippen molar-refractivity contribution in [2.75, 3.05) is 13.2 Å². The van der Waals surface area contributed by atoms with Crippen molar-refractivity contribution in [1.82, 2.24) is 14.9 Å². The summed E-state index contributed by atoms with van der Waals surface area (Å²) >= 11 is 1.07. The molecule has 0 aliphatic carbocycles. The Hall–Kier alpha value is -1.50. The molecule has 0 saturated carbocycles. The Balaban J connectivity index is 2.32. The molecule has 1 rings (SSSR count). The molecule has 0 bridgehead atoms. The van der Waals surface area contributed by atoms with Crippen molar-refractivity contribution in [1.29, 1.82) is 0 Å². The molecule has 1 aromatic heterocycles. The van der Waals surface area contributed by atoms with Crippen LogP contribution in [0.25, 0.3) is 0 Å². The van der Waals surface area contributed by atoms with Crippen LogP contribution in [0.4, 0.5) is 0 Å². The van der Waals surface area contributed by atoms with Crippen LogP contribution >= 0.6 is 11.5 Å². The third-order valence-corrected chi connectivity index (χ3v) is 1.80. The van der Waals surface area contributed by atoms with E-state index in [0.717, 1.165) is 11.5 Å². The van der Waals surface area contributed by atoms with Gasteiger partial charge in [-0.1, -0.05) is 4.49 Å². The van der Waals surface area contributed by atoms with Crippen LogP contribution in [0.15, 0.2) is 5.38 Å². The van der Waals surface area contributed by atoms with Gasteiger partial charge in [-0.25, -0.2) is 0 Å². The zero-order valence-electron chi connectivity index (χ0n) is 7.52. The van der Waals surface area contributed by atoms with Gasteiger partial charge in [0, 0.05) is 5.38 Å². The number of amides is 1. The van der Waals surface area contributed by atoms with Crippen LogP contribution in [0.2, 0.25) is 0 Å². The van der Waals surface area contributed by atoms with E-state index in [0.29, 0.717) is 6.61 Å². The van der Waals surface area contributed by atoms with E-state index in [1.54, 1.807) is 6.92 Å². The van der Waals surface area contributed by atoms with E-state index in [4.69, 9.17) is 0 Å². The minimum absolute atomic E-state index is 0.149.